The molecule has 1 aliphatic heterocycles. The van der Waals surface area contributed by atoms with Crippen LogP contribution in [0.1, 0.15) is 0 Å². The zero-order chi connectivity index (χ0) is 13.7. The third kappa shape index (κ3) is 3.45. The Morgan fingerprint density at radius 3 is 2.74 bits per heavy atom. The van der Waals surface area contributed by atoms with E-state index in [2.05, 4.69) is 4.74 Å². The molecule has 6 heteroatoms. The molecule has 1 heterocycles. The van der Waals surface area contributed by atoms with Crippen LogP contribution < -0.4 is 4.74 Å². The SMILES string of the molecule is COC(=O)C1CN(C(=O)Oc2ccccc2)CCO1. The lowest BCUT2D eigenvalue weighted by Crippen LogP contribution is -2.49. The van der Waals surface area contributed by atoms with Crippen LogP contribution in [-0.4, -0.2) is 49.9 Å². The number of para-hydroxylation sites is 1. The van der Waals surface area contributed by atoms with E-state index in [9.17, 15) is 9.59 Å². The van der Waals surface area contributed by atoms with Gasteiger partial charge in [-0.15, -0.1) is 0 Å². The lowest BCUT2D eigenvalue weighted by Gasteiger charge is -2.30. The molecule has 0 aliphatic carbocycles. The van der Waals surface area contributed by atoms with E-state index in [1.54, 1.807) is 24.3 Å². The van der Waals surface area contributed by atoms with Crippen LogP contribution >= 0.6 is 0 Å². The largest absolute Gasteiger partial charge is 0.467 e. The molecule has 0 N–H and O–H groups in total. The molecule has 0 aromatic heterocycles. The van der Waals surface area contributed by atoms with Gasteiger partial charge in [-0.25, -0.2) is 9.59 Å². The second-order valence-electron chi connectivity index (χ2n) is 4.01. The second-order valence-corrected chi connectivity index (χ2v) is 4.01. The summed E-state index contributed by atoms with van der Waals surface area (Å²) in [4.78, 5) is 24.7. The molecular formula is C13H15NO5. The molecule has 0 spiro atoms. The summed E-state index contributed by atoms with van der Waals surface area (Å²) in [6, 6.07) is 8.77. The Hall–Kier alpha value is -2.08. The molecule has 102 valence electrons. The van der Waals surface area contributed by atoms with Crippen molar-refractivity contribution in [2.24, 2.45) is 0 Å². The number of carbonyl (C=O) groups excluding carboxylic acids is 2. The van der Waals surface area contributed by atoms with E-state index in [-0.39, 0.29) is 13.2 Å². The fourth-order valence-corrected chi connectivity index (χ4v) is 1.74. The van der Waals surface area contributed by atoms with E-state index >= 15 is 0 Å². The van der Waals surface area contributed by atoms with Crippen LogP contribution in [0.4, 0.5) is 4.79 Å². The molecule has 1 saturated heterocycles. The Morgan fingerprint density at radius 2 is 2.05 bits per heavy atom. The minimum atomic E-state index is -0.748. The predicted octanol–water partition coefficient (Wildman–Crippen LogP) is 1.06. The fraction of sp³-hybridized carbons (Fsp3) is 0.385. The Kier molecular flexibility index (Phi) is 4.35. The van der Waals surface area contributed by atoms with Gasteiger partial charge in [-0.2, -0.15) is 0 Å². The predicted molar refractivity (Wildman–Crippen MR) is 65.8 cm³/mol. The molecule has 1 aromatic rings. The van der Waals surface area contributed by atoms with Crippen molar-refractivity contribution in [1.82, 2.24) is 4.90 Å². The molecule has 1 amide bonds. The van der Waals surface area contributed by atoms with Gasteiger partial charge < -0.3 is 19.1 Å². The number of methoxy groups -OCH3 is 1. The van der Waals surface area contributed by atoms with Gasteiger partial charge in [0.05, 0.1) is 20.3 Å². The van der Waals surface area contributed by atoms with Crippen LogP contribution in [0.25, 0.3) is 0 Å². The topological polar surface area (TPSA) is 65.1 Å². The number of nitrogens with zero attached hydrogens (tertiary/aromatic N) is 1. The summed E-state index contributed by atoms with van der Waals surface area (Å²) in [7, 11) is 1.28. The summed E-state index contributed by atoms with van der Waals surface area (Å²) in [6.45, 7) is 0.807. The highest BCUT2D eigenvalue weighted by Crippen LogP contribution is 2.13. The summed E-state index contributed by atoms with van der Waals surface area (Å²) >= 11 is 0. The Morgan fingerprint density at radius 1 is 1.32 bits per heavy atom. The van der Waals surface area contributed by atoms with Crippen molar-refractivity contribution < 1.29 is 23.8 Å². The monoisotopic (exact) mass is 265 g/mol. The van der Waals surface area contributed by atoms with Crippen molar-refractivity contribution in [2.75, 3.05) is 26.8 Å². The van der Waals surface area contributed by atoms with Crippen molar-refractivity contribution in [1.29, 1.82) is 0 Å². The summed E-state index contributed by atoms with van der Waals surface area (Å²) in [5.41, 5.74) is 0. The number of esters is 1. The average molecular weight is 265 g/mol. The lowest BCUT2D eigenvalue weighted by atomic mass is 10.3. The number of hydrogen-bond acceptors (Lipinski definition) is 5. The normalized spacial score (nSPS) is 18.8. The van der Waals surface area contributed by atoms with Gasteiger partial charge in [-0.05, 0) is 12.1 Å². The van der Waals surface area contributed by atoms with Crippen LogP contribution in [0, 0.1) is 0 Å². The van der Waals surface area contributed by atoms with E-state index in [0.29, 0.717) is 12.3 Å². The average Bonchev–Trinajstić information content (AvgIpc) is 2.47. The zero-order valence-corrected chi connectivity index (χ0v) is 10.6. The van der Waals surface area contributed by atoms with Crippen LogP contribution in [0.15, 0.2) is 30.3 Å². The molecule has 2 rings (SSSR count). The molecule has 0 radical (unpaired) electrons. The van der Waals surface area contributed by atoms with Gasteiger partial charge in [0.25, 0.3) is 0 Å². The molecule has 19 heavy (non-hydrogen) atoms. The van der Waals surface area contributed by atoms with Gasteiger partial charge >= 0.3 is 12.1 Å². The van der Waals surface area contributed by atoms with E-state index in [1.807, 2.05) is 6.07 Å². The van der Waals surface area contributed by atoms with Gasteiger partial charge in [-0.1, -0.05) is 18.2 Å². The molecule has 0 bridgehead atoms. The first-order valence-electron chi connectivity index (χ1n) is 5.92. The first-order valence-corrected chi connectivity index (χ1v) is 5.92. The molecule has 6 nitrogen and oxygen atoms in total. The maximum atomic E-state index is 11.9. The number of rotatable bonds is 2. The number of carbonyl (C=O) groups is 2. The maximum Gasteiger partial charge on any atom is 0.415 e. The van der Waals surface area contributed by atoms with Crippen LogP contribution in [0.3, 0.4) is 0 Å². The Labute approximate surface area is 110 Å². The standard InChI is InChI=1S/C13H15NO5/c1-17-12(15)11-9-14(7-8-18-11)13(16)19-10-5-3-2-4-6-10/h2-6,11H,7-9H2,1H3. The Balaban J connectivity index is 1.94. The van der Waals surface area contributed by atoms with Gasteiger partial charge in [0, 0.05) is 6.54 Å². The first kappa shape index (κ1) is 13.4. The number of hydrogen-bond donors (Lipinski definition) is 0. The van der Waals surface area contributed by atoms with Gasteiger partial charge in [0.15, 0.2) is 6.10 Å². The van der Waals surface area contributed by atoms with Gasteiger partial charge in [-0.3, -0.25) is 0 Å². The minimum Gasteiger partial charge on any atom is -0.467 e. The smallest absolute Gasteiger partial charge is 0.415 e. The molecule has 0 saturated carbocycles. The second kappa shape index (κ2) is 6.19. The Bertz CT molecular complexity index is 448. The molecule has 1 aromatic carbocycles. The molecular weight excluding hydrogens is 250 g/mol. The van der Waals surface area contributed by atoms with Crippen LogP contribution in [0.2, 0.25) is 0 Å². The highest BCUT2D eigenvalue weighted by molar-refractivity contribution is 5.77. The zero-order valence-electron chi connectivity index (χ0n) is 10.6. The maximum absolute atomic E-state index is 11.9. The molecule has 1 aliphatic rings. The molecule has 1 atom stereocenters. The van der Waals surface area contributed by atoms with Crippen molar-refractivity contribution in [3.63, 3.8) is 0 Å². The number of ether oxygens (including phenoxy) is 3. The highest BCUT2D eigenvalue weighted by Gasteiger charge is 2.30. The summed E-state index contributed by atoms with van der Waals surface area (Å²) in [6.07, 6.45) is -1.24. The third-order valence-electron chi connectivity index (χ3n) is 2.74. The van der Waals surface area contributed by atoms with E-state index in [4.69, 9.17) is 9.47 Å². The molecule has 1 unspecified atom stereocenters. The van der Waals surface area contributed by atoms with Crippen molar-refractivity contribution >= 4 is 12.1 Å². The fourth-order valence-electron chi connectivity index (χ4n) is 1.74. The third-order valence-corrected chi connectivity index (χ3v) is 2.74. The minimum absolute atomic E-state index is 0.137. The van der Waals surface area contributed by atoms with Crippen molar-refractivity contribution in [2.45, 2.75) is 6.10 Å². The van der Waals surface area contributed by atoms with E-state index < -0.39 is 18.2 Å². The first-order chi connectivity index (χ1) is 9.20. The van der Waals surface area contributed by atoms with Crippen molar-refractivity contribution in [3.05, 3.63) is 30.3 Å². The molecule has 1 fully saturated rings. The van der Waals surface area contributed by atoms with Gasteiger partial charge in [0.2, 0.25) is 0 Å². The quantitative estimate of drug-likeness (QED) is 0.748. The highest BCUT2D eigenvalue weighted by atomic mass is 16.6. The van der Waals surface area contributed by atoms with Crippen LogP contribution in [-0.2, 0) is 14.3 Å². The summed E-state index contributed by atoms with van der Waals surface area (Å²) in [5.74, 6) is -0.0224. The summed E-state index contributed by atoms with van der Waals surface area (Å²) in [5, 5.41) is 0. The lowest BCUT2D eigenvalue weighted by molar-refractivity contribution is -0.158. The van der Waals surface area contributed by atoms with E-state index in [1.165, 1.54) is 12.0 Å². The number of morpholine rings is 1. The number of benzene rings is 1. The number of amides is 1. The van der Waals surface area contributed by atoms with Crippen molar-refractivity contribution in [3.8, 4) is 5.75 Å². The van der Waals surface area contributed by atoms with Gasteiger partial charge in [0.1, 0.15) is 5.75 Å². The summed E-state index contributed by atoms with van der Waals surface area (Å²) < 4.78 is 15.0. The van der Waals surface area contributed by atoms with Crippen LogP contribution in [0.5, 0.6) is 5.75 Å². The van der Waals surface area contributed by atoms with E-state index in [0.717, 1.165) is 0 Å².